The molecule has 0 unspecified atom stereocenters. The van der Waals surface area contributed by atoms with Crippen LogP contribution in [-0.2, 0) is 6.42 Å². The zero-order valence-electron chi connectivity index (χ0n) is 17.1. The van der Waals surface area contributed by atoms with Crippen molar-refractivity contribution >= 4 is 33.1 Å². The highest BCUT2D eigenvalue weighted by Crippen LogP contribution is 2.33. The largest absolute Gasteiger partial charge is 0.312 e. The molecule has 1 N–H and O–H groups in total. The van der Waals surface area contributed by atoms with Crippen molar-refractivity contribution in [1.29, 1.82) is 5.26 Å². The number of hydrogen-bond donors (Lipinski definition) is 1. The fraction of sp³-hybridized carbons (Fsp3) is 0.160. The lowest BCUT2D eigenvalue weighted by Gasteiger charge is -2.10. The Morgan fingerprint density at radius 3 is 2.57 bits per heavy atom. The van der Waals surface area contributed by atoms with E-state index in [0.29, 0.717) is 16.1 Å². The number of carbonyl (C=O) groups is 1. The van der Waals surface area contributed by atoms with Gasteiger partial charge in [0.15, 0.2) is 0 Å². The molecule has 1 amide bonds. The first-order valence-electron chi connectivity index (χ1n) is 9.82. The number of amides is 1. The number of anilines is 1. The third-order valence-corrected chi connectivity index (χ3v) is 6.47. The molecule has 4 aromatic rings. The summed E-state index contributed by atoms with van der Waals surface area (Å²) >= 11 is 1.43. The van der Waals surface area contributed by atoms with Gasteiger partial charge in [-0.2, -0.15) is 5.26 Å². The summed E-state index contributed by atoms with van der Waals surface area (Å²) in [5.74, 6) is -0.238. The first-order valence-corrected chi connectivity index (χ1v) is 10.6. The van der Waals surface area contributed by atoms with Gasteiger partial charge in [-0.15, -0.1) is 11.3 Å². The minimum absolute atomic E-state index is 0.238. The van der Waals surface area contributed by atoms with Crippen molar-refractivity contribution in [3.8, 4) is 17.3 Å². The van der Waals surface area contributed by atoms with Gasteiger partial charge in [-0.25, -0.2) is 4.98 Å². The molecule has 0 fully saturated rings. The SMILES string of the molecule is CCc1ccc(-c2cc(C(=O)Nc3sc(C)c(C)c3C#N)c3ccccc3n2)cc1. The van der Waals surface area contributed by atoms with Crippen LogP contribution >= 0.6 is 11.3 Å². The van der Waals surface area contributed by atoms with Crippen molar-refractivity contribution in [1.82, 2.24) is 4.98 Å². The average Bonchev–Trinajstić information content (AvgIpc) is 3.05. The minimum Gasteiger partial charge on any atom is -0.312 e. The Morgan fingerprint density at radius 2 is 1.87 bits per heavy atom. The molecule has 5 heteroatoms. The average molecular weight is 412 g/mol. The Morgan fingerprint density at radius 1 is 1.13 bits per heavy atom. The number of aryl methyl sites for hydroxylation is 2. The van der Waals surface area contributed by atoms with Gasteiger partial charge in [-0.3, -0.25) is 4.79 Å². The van der Waals surface area contributed by atoms with Gasteiger partial charge in [0, 0.05) is 15.8 Å². The molecule has 0 radical (unpaired) electrons. The van der Waals surface area contributed by atoms with E-state index in [1.807, 2.05) is 56.3 Å². The smallest absolute Gasteiger partial charge is 0.257 e. The van der Waals surface area contributed by atoms with Crippen LogP contribution in [-0.4, -0.2) is 10.9 Å². The van der Waals surface area contributed by atoms with Gasteiger partial charge < -0.3 is 5.32 Å². The topological polar surface area (TPSA) is 65.8 Å². The molecule has 0 aliphatic heterocycles. The van der Waals surface area contributed by atoms with E-state index in [-0.39, 0.29) is 5.91 Å². The molecular weight excluding hydrogens is 390 g/mol. The first-order chi connectivity index (χ1) is 14.5. The van der Waals surface area contributed by atoms with Gasteiger partial charge in [0.25, 0.3) is 5.91 Å². The van der Waals surface area contributed by atoms with E-state index in [4.69, 9.17) is 4.98 Å². The van der Waals surface area contributed by atoms with Crippen LogP contribution in [0, 0.1) is 25.2 Å². The van der Waals surface area contributed by atoms with Gasteiger partial charge in [-0.05, 0) is 43.5 Å². The molecule has 4 nitrogen and oxygen atoms in total. The molecule has 4 rings (SSSR count). The van der Waals surface area contributed by atoms with Gasteiger partial charge in [0.05, 0.1) is 22.3 Å². The second-order valence-corrected chi connectivity index (χ2v) is 8.40. The van der Waals surface area contributed by atoms with E-state index in [9.17, 15) is 10.1 Å². The summed E-state index contributed by atoms with van der Waals surface area (Å²) in [6.45, 7) is 5.98. The molecule has 0 saturated heterocycles. The van der Waals surface area contributed by atoms with Crippen LogP contribution in [0.2, 0.25) is 0 Å². The summed E-state index contributed by atoms with van der Waals surface area (Å²) in [6.07, 6.45) is 0.972. The Kier molecular flexibility index (Phi) is 5.35. The second-order valence-electron chi connectivity index (χ2n) is 7.18. The van der Waals surface area contributed by atoms with Crippen LogP contribution in [0.5, 0.6) is 0 Å². The third-order valence-electron chi connectivity index (χ3n) is 5.34. The maximum atomic E-state index is 13.3. The van der Waals surface area contributed by atoms with Gasteiger partial charge in [0.1, 0.15) is 11.1 Å². The van der Waals surface area contributed by atoms with E-state index in [1.54, 1.807) is 0 Å². The van der Waals surface area contributed by atoms with E-state index < -0.39 is 0 Å². The number of rotatable bonds is 4. The minimum atomic E-state index is -0.238. The summed E-state index contributed by atoms with van der Waals surface area (Å²) in [7, 11) is 0. The van der Waals surface area contributed by atoms with E-state index in [2.05, 4.69) is 30.4 Å². The van der Waals surface area contributed by atoms with Crippen molar-refractivity contribution in [3.63, 3.8) is 0 Å². The fourth-order valence-corrected chi connectivity index (χ4v) is 4.45. The molecule has 2 heterocycles. The molecular formula is C25H21N3OS. The summed E-state index contributed by atoms with van der Waals surface area (Å²) in [4.78, 5) is 19.1. The molecule has 30 heavy (non-hydrogen) atoms. The second kappa shape index (κ2) is 8.10. The number of nitrogens with zero attached hydrogens (tertiary/aromatic N) is 2. The summed E-state index contributed by atoms with van der Waals surface area (Å²) < 4.78 is 0. The van der Waals surface area contributed by atoms with Gasteiger partial charge >= 0.3 is 0 Å². The molecule has 0 bridgehead atoms. The highest BCUT2D eigenvalue weighted by Gasteiger charge is 2.18. The molecule has 148 valence electrons. The van der Waals surface area contributed by atoms with Crippen LogP contribution < -0.4 is 5.32 Å². The fourth-order valence-electron chi connectivity index (χ4n) is 3.44. The van der Waals surface area contributed by atoms with Crippen LogP contribution in [0.25, 0.3) is 22.2 Å². The normalized spacial score (nSPS) is 10.7. The van der Waals surface area contributed by atoms with E-state index in [1.165, 1.54) is 16.9 Å². The molecule has 0 spiro atoms. The number of aromatic nitrogens is 1. The monoisotopic (exact) mass is 411 g/mol. The van der Waals surface area contributed by atoms with E-state index in [0.717, 1.165) is 39.0 Å². The Hall–Kier alpha value is -3.49. The highest BCUT2D eigenvalue weighted by molar-refractivity contribution is 7.16. The maximum absolute atomic E-state index is 13.3. The molecule has 2 aromatic carbocycles. The summed E-state index contributed by atoms with van der Waals surface area (Å²) in [5.41, 5.74) is 5.72. The predicted molar refractivity (Wildman–Crippen MR) is 123 cm³/mol. The maximum Gasteiger partial charge on any atom is 0.257 e. The Balaban J connectivity index is 1.80. The highest BCUT2D eigenvalue weighted by atomic mass is 32.1. The number of nitrogens with one attached hydrogen (secondary N) is 1. The molecule has 0 atom stereocenters. The van der Waals surface area contributed by atoms with Crippen molar-refractivity contribution in [2.75, 3.05) is 5.32 Å². The quantitative estimate of drug-likeness (QED) is 0.430. The van der Waals surface area contributed by atoms with Gasteiger partial charge in [0.2, 0.25) is 0 Å². The van der Waals surface area contributed by atoms with Crippen molar-refractivity contribution in [3.05, 3.63) is 81.7 Å². The number of benzene rings is 2. The van der Waals surface area contributed by atoms with E-state index >= 15 is 0 Å². The molecule has 2 aromatic heterocycles. The first kappa shape index (κ1) is 19.8. The van der Waals surface area contributed by atoms with Crippen molar-refractivity contribution in [2.24, 2.45) is 0 Å². The zero-order valence-corrected chi connectivity index (χ0v) is 17.9. The van der Waals surface area contributed by atoms with Crippen LogP contribution in [0.1, 0.15) is 38.8 Å². The number of thiophene rings is 1. The molecule has 0 saturated carbocycles. The summed E-state index contributed by atoms with van der Waals surface area (Å²) in [6, 6.07) is 19.9. The number of hydrogen-bond acceptors (Lipinski definition) is 4. The summed E-state index contributed by atoms with van der Waals surface area (Å²) in [5, 5.41) is 13.8. The number of para-hydroxylation sites is 1. The molecule has 0 aliphatic carbocycles. The van der Waals surface area contributed by atoms with Crippen molar-refractivity contribution in [2.45, 2.75) is 27.2 Å². The standard InChI is InChI=1S/C25H21N3OS/c1-4-17-9-11-18(12-10-17)23-13-20(19-7-5-6-8-22(19)27-23)24(29)28-25-21(14-26)15(2)16(3)30-25/h5-13H,4H2,1-3H3,(H,28,29). The number of fused-ring (bicyclic) bond motifs is 1. The lowest BCUT2D eigenvalue weighted by molar-refractivity contribution is 0.102. The van der Waals surface area contributed by atoms with Crippen molar-refractivity contribution < 1.29 is 4.79 Å². The number of nitriles is 1. The third kappa shape index (κ3) is 3.58. The zero-order chi connectivity index (χ0) is 21.3. The Bertz CT molecular complexity index is 1300. The lowest BCUT2D eigenvalue weighted by Crippen LogP contribution is -2.13. The number of carbonyl (C=O) groups excluding carboxylic acids is 1. The van der Waals surface area contributed by atoms with Crippen LogP contribution in [0.3, 0.4) is 0 Å². The lowest BCUT2D eigenvalue weighted by atomic mass is 10.0. The van der Waals surface area contributed by atoms with Crippen LogP contribution in [0.4, 0.5) is 5.00 Å². The Labute approximate surface area is 179 Å². The molecule has 0 aliphatic rings. The number of pyridine rings is 1. The predicted octanol–water partition coefficient (Wildman–Crippen LogP) is 6.27. The van der Waals surface area contributed by atoms with Crippen LogP contribution in [0.15, 0.2) is 54.6 Å². The van der Waals surface area contributed by atoms with Gasteiger partial charge in [-0.1, -0.05) is 49.4 Å².